The van der Waals surface area contributed by atoms with Gasteiger partial charge in [0, 0.05) is 25.7 Å². The van der Waals surface area contributed by atoms with Crippen molar-refractivity contribution in [3.63, 3.8) is 0 Å². The molecule has 10 N–H and O–H groups in total. The van der Waals surface area contributed by atoms with E-state index < -0.39 is 162 Å². The van der Waals surface area contributed by atoms with Crippen molar-refractivity contribution in [3.05, 3.63) is 12.2 Å². The fraction of sp³-hybridized carbons (Fsp3) is 0.933. The summed E-state index contributed by atoms with van der Waals surface area (Å²) in [6.45, 7) is 7.91. The number of hydrogen-bond acceptors (Lipinski definition) is 24. The number of aliphatic hydroxyl groups is 9. The van der Waals surface area contributed by atoms with Crippen molar-refractivity contribution < 1.29 is 122 Å². The number of aliphatic hydroxyl groups excluding tert-OH is 9. The largest absolute Gasteiger partial charge is 0.472 e. The average molecular weight is 1680 g/mol. The number of carbonyl (C=O) groups excluding carboxylic acids is 4. The van der Waals surface area contributed by atoms with Gasteiger partial charge in [-0.05, 0) is 57.3 Å². The molecule has 2 saturated heterocycles. The van der Waals surface area contributed by atoms with Gasteiger partial charge in [-0.2, -0.15) is 0 Å². The van der Waals surface area contributed by atoms with Gasteiger partial charge in [0.05, 0.1) is 13.2 Å². The second-order valence-corrected chi connectivity index (χ2v) is 35.2. The fourth-order valence-corrected chi connectivity index (χ4v) is 16.6. The lowest BCUT2D eigenvalue weighted by Crippen LogP contribution is -2.70. The van der Waals surface area contributed by atoms with E-state index in [-0.39, 0.29) is 25.7 Å². The monoisotopic (exact) mass is 1680 g/mol. The maximum absolute atomic E-state index is 14.9. The SMILES string of the molecule is CCCCCC/C=C\CCCCCCCCCC(=O)OCC(COP(=O)(O)OC1C(OC2OC(CO)C(O)C(O)C2O)C(O)C(O)C(OC(=O)CCCCCCCCCCCCCCC)C1OC1OC(COC(=O)CCCCCCCCC(C)CCCCCCCC)C(O)C(O)C1O)OC(=O)CCCCCCCCCCCCCCC. The van der Waals surface area contributed by atoms with Crippen molar-refractivity contribution in [1.29, 1.82) is 0 Å². The van der Waals surface area contributed by atoms with Crippen LogP contribution < -0.4 is 0 Å². The molecule has 19 atom stereocenters. The topological polar surface area (TPSA) is 380 Å². The summed E-state index contributed by atoms with van der Waals surface area (Å²) in [4.78, 5) is 66.4. The summed E-state index contributed by atoms with van der Waals surface area (Å²) in [5, 5.41) is 102. The average Bonchev–Trinajstić information content (AvgIpc) is 0.754. The minimum Gasteiger partial charge on any atom is -0.463 e. The molecule has 2 aliphatic heterocycles. The standard InChI is InChI=1S/C90H167O25P/c1-6-10-14-18-22-25-28-31-32-35-36-39-42-49-55-61-73(92)106-66-70(109-75(94)63-57-51-43-40-37-33-29-26-23-19-15-11-7-2)67-108-116(104,105)115-88-86(113-89-83(102)79(98)77(96)71(65-91)110-89)82(101)81(100)85(112-76(95)64-58-52-44-41-38-34-30-27-24-20-16-12-8-3)87(88)114-90-84(103)80(99)78(97)72(111-90)68-107-74(93)62-56-50-46-45-48-54-60-69(5)59-53-47-21-17-13-9-4/h25,28,69-72,77-91,96-103H,6-24,26-27,29-68H2,1-5H3,(H,104,105)/b28-25-. The molecular weight excluding hydrogens is 1510 g/mol. The van der Waals surface area contributed by atoms with Gasteiger partial charge in [0.15, 0.2) is 24.8 Å². The molecule has 3 rings (SSSR count). The van der Waals surface area contributed by atoms with E-state index in [0.717, 1.165) is 148 Å². The molecule has 0 aromatic carbocycles. The van der Waals surface area contributed by atoms with Crippen LogP contribution in [0.5, 0.6) is 0 Å². The highest BCUT2D eigenvalue weighted by Gasteiger charge is 2.60. The zero-order valence-corrected chi connectivity index (χ0v) is 73.6. The maximum Gasteiger partial charge on any atom is 0.472 e. The van der Waals surface area contributed by atoms with Crippen LogP contribution in [0.3, 0.4) is 0 Å². The Kier molecular flexibility index (Phi) is 63.5. The highest BCUT2D eigenvalue weighted by molar-refractivity contribution is 7.47. The molecule has 26 heteroatoms. The van der Waals surface area contributed by atoms with Gasteiger partial charge in [-0.3, -0.25) is 28.2 Å². The van der Waals surface area contributed by atoms with Crippen LogP contribution >= 0.6 is 7.82 Å². The Hall–Kier alpha value is -2.79. The Bertz CT molecular complexity index is 2480. The number of ether oxygens (including phenoxy) is 8. The van der Waals surface area contributed by atoms with Gasteiger partial charge in [-0.15, -0.1) is 0 Å². The quantitative estimate of drug-likeness (QED) is 0.00889. The lowest BCUT2D eigenvalue weighted by molar-refractivity contribution is -0.360. The van der Waals surface area contributed by atoms with E-state index in [1.807, 2.05) is 0 Å². The second kappa shape index (κ2) is 68.6. The zero-order chi connectivity index (χ0) is 84.8. The third-order valence-corrected chi connectivity index (χ3v) is 24.2. The van der Waals surface area contributed by atoms with Crippen molar-refractivity contribution in [2.45, 2.75) is 505 Å². The molecule has 0 radical (unpaired) electrons. The van der Waals surface area contributed by atoms with E-state index in [0.29, 0.717) is 38.0 Å². The molecule has 1 saturated carbocycles. The molecule has 3 aliphatic rings. The Morgan fingerprint density at radius 1 is 0.362 bits per heavy atom. The summed E-state index contributed by atoms with van der Waals surface area (Å²) in [7, 11) is -5.80. The summed E-state index contributed by atoms with van der Waals surface area (Å²) in [6, 6.07) is 0. The van der Waals surface area contributed by atoms with E-state index in [1.165, 1.54) is 161 Å². The number of esters is 4. The molecular formula is C90H167O25P. The third-order valence-electron chi connectivity index (χ3n) is 23.2. The van der Waals surface area contributed by atoms with Crippen molar-refractivity contribution in [2.24, 2.45) is 5.92 Å². The number of phosphoric acid groups is 1. The first-order valence-corrected chi connectivity index (χ1v) is 48.3. The number of hydrogen-bond donors (Lipinski definition) is 10. The molecule has 0 aromatic rings. The van der Waals surface area contributed by atoms with Gasteiger partial charge >= 0.3 is 31.7 Å². The smallest absolute Gasteiger partial charge is 0.463 e. The number of allylic oxidation sites excluding steroid dienone is 2. The molecule has 2 heterocycles. The highest BCUT2D eigenvalue weighted by atomic mass is 31.2. The van der Waals surface area contributed by atoms with Gasteiger partial charge in [0.2, 0.25) is 0 Å². The molecule has 1 aliphatic carbocycles. The van der Waals surface area contributed by atoms with Gasteiger partial charge in [-0.25, -0.2) is 4.57 Å². The molecule has 19 unspecified atom stereocenters. The first-order chi connectivity index (χ1) is 56.1. The first kappa shape index (κ1) is 107. The normalized spacial score (nSPS) is 25.4. The van der Waals surface area contributed by atoms with Crippen molar-refractivity contribution in [1.82, 2.24) is 0 Å². The Labute approximate surface area is 699 Å². The summed E-state index contributed by atoms with van der Waals surface area (Å²) >= 11 is 0. The van der Waals surface area contributed by atoms with Gasteiger partial charge in [0.25, 0.3) is 0 Å². The summed E-state index contributed by atoms with van der Waals surface area (Å²) < 4.78 is 73.4. The highest BCUT2D eigenvalue weighted by Crippen LogP contribution is 2.49. The van der Waals surface area contributed by atoms with E-state index >= 15 is 0 Å². The van der Waals surface area contributed by atoms with Crippen molar-refractivity contribution >= 4 is 31.7 Å². The lowest BCUT2D eigenvalue weighted by atomic mass is 9.84. The Morgan fingerprint density at radius 2 is 0.698 bits per heavy atom. The minimum absolute atomic E-state index is 0.0161. The van der Waals surface area contributed by atoms with Crippen LogP contribution in [0.1, 0.15) is 401 Å². The molecule has 0 aromatic heterocycles. The number of unbranched alkanes of at least 4 members (excludes halogenated alkanes) is 45. The molecule has 0 bridgehead atoms. The predicted octanol–water partition coefficient (Wildman–Crippen LogP) is 17.0. The van der Waals surface area contributed by atoms with Crippen LogP contribution in [-0.2, 0) is 70.7 Å². The lowest BCUT2D eigenvalue weighted by Gasteiger charge is -2.50. The van der Waals surface area contributed by atoms with Crippen molar-refractivity contribution in [3.8, 4) is 0 Å². The maximum atomic E-state index is 14.9. The molecule has 116 heavy (non-hydrogen) atoms. The molecule has 682 valence electrons. The summed E-state index contributed by atoms with van der Waals surface area (Å²) in [6.07, 6.45) is 25.0. The number of phosphoric ester groups is 1. The molecule has 0 spiro atoms. The minimum atomic E-state index is -5.80. The Morgan fingerprint density at radius 3 is 1.12 bits per heavy atom. The Balaban J connectivity index is 1.92. The van der Waals surface area contributed by atoms with E-state index in [2.05, 4.69) is 46.8 Å². The van der Waals surface area contributed by atoms with Crippen LogP contribution in [0, 0.1) is 5.92 Å². The van der Waals surface area contributed by atoms with E-state index in [9.17, 15) is 74.6 Å². The predicted molar refractivity (Wildman–Crippen MR) is 449 cm³/mol. The summed E-state index contributed by atoms with van der Waals surface area (Å²) in [5.41, 5.74) is 0. The number of rotatable bonds is 75. The zero-order valence-electron chi connectivity index (χ0n) is 72.7. The molecule has 0 amide bonds. The van der Waals surface area contributed by atoms with Gasteiger partial charge < -0.3 is 88.7 Å². The van der Waals surface area contributed by atoms with Crippen LogP contribution in [-0.4, -0.2) is 205 Å². The molecule has 3 fully saturated rings. The second-order valence-electron chi connectivity index (χ2n) is 33.8. The van der Waals surface area contributed by atoms with Crippen LogP contribution in [0.15, 0.2) is 12.2 Å². The van der Waals surface area contributed by atoms with Crippen LogP contribution in [0.2, 0.25) is 0 Å². The first-order valence-electron chi connectivity index (χ1n) is 46.8. The van der Waals surface area contributed by atoms with Crippen LogP contribution in [0.4, 0.5) is 0 Å². The van der Waals surface area contributed by atoms with Gasteiger partial charge in [-0.1, -0.05) is 336 Å². The molecule has 25 nitrogen and oxygen atoms in total. The van der Waals surface area contributed by atoms with Crippen molar-refractivity contribution in [2.75, 3.05) is 26.4 Å². The van der Waals surface area contributed by atoms with Gasteiger partial charge in [0.1, 0.15) is 92.6 Å². The van der Waals surface area contributed by atoms with E-state index in [4.69, 9.17) is 46.9 Å². The number of carbonyl (C=O) groups is 4. The van der Waals surface area contributed by atoms with Crippen LogP contribution in [0.25, 0.3) is 0 Å². The summed E-state index contributed by atoms with van der Waals surface area (Å²) in [5.74, 6) is -2.27. The third kappa shape index (κ3) is 48.9. The van der Waals surface area contributed by atoms with E-state index in [1.54, 1.807) is 0 Å². The fourth-order valence-electron chi connectivity index (χ4n) is 15.6.